The molecule has 0 saturated heterocycles. The topological polar surface area (TPSA) is 23.8 Å². The van der Waals surface area contributed by atoms with E-state index in [1.165, 1.54) is 148 Å². The van der Waals surface area contributed by atoms with Gasteiger partial charge in [-0.05, 0) is 87.4 Å². The van der Waals surface area contributed by atoms with Gasteiger partial charge in [-0.3, -0.25) is 0 Å². The fourth-order valence-corrected chi connectivity index (χ4v) is 8.16. The van der Waals surface area contributed by atoms with Crippen molar-refractivity contribution in [2.24, 2.45) is 35.0 Å². The van der Waals surface area contributed by atoms with Crippen molar-refractivity contribution >= 4 is 0 Å². The van der Waals surface area contributed by atoms with Crippen LogP contribution < -0.4 is 0 Å². The fourth-order valence-electron chi connectivity index (χ4n) is 8.16. The Morgan fingerprint density at radius 1 is 0.636 bits per heavy atom. The average Bonchev–Trinajstić information content (AvgIpc) is 2.87. The number of nitrogens with zero attached hydrogens (tertiary/aromatic N) is 1. The number of nitriles is 1. The van der Waals surface area contributed by atoms with Gasteiger partial charge in [-0.2, -0.15) is 5.26 Å². The van der Waals surface area contributed by atoms with Crippen LogP contribution in [0, 0.1) is 46.3 Å². The van der Waals surface area contributed by atoms with Gasteiger partial charge in [-0.1, -0.05) is 104 Å². The molecule has 0 aromatic rings. The molecule has 3 aliphatic carbocycles. The first kappa shape index (κ1) is 27.1. The van der Waals surface area contributed by atoms with E-state index in [-0.39, 0.29) is 5.41 Å². The lowest BCUT2D eigenvalue weighted by Gasteiger charge is -2.43. The summed E-state index contributed by atoms with van der Waals surface area (Å²) in [6, 6.07) is 2.86. The molecule has 3 aliphatic rings. The average molecular weight is 456 g/mol. The van der Waals surface area contributed by atoms with Crippen LogP contribution in [-0.2, 0) is 0 Å². The first-order valence-corrected chi connectivity index (χ1v) is 15.6. The highest BCUT2D eigenvalue weighted by atomic mass is 14.5. The van der Waals surface area contributed by atoms with Crippen molar-refractivity contribution in [2.75, 3.05) is 0 Å². The molecule has 0 aromatic heterocycles. The van der Waals surface area contributed by atoms with E-state index in [0.717, 1.165) is 29.6 Å². The third-order valence-electron chi connectivity index (χ3n) is 10.4. The highest BCUT2D eigenvalue weighted by molar-refractivity contribution is 5.03. The van der Waals surface area contributed by atoms with Gasteiger partial charge in [0.1, 0.15) is 0 Å². The third-order valence-corrected chi connectivity index (χ3v) is 10.4. The second kappa shape index (κ2) is 14.8. The molecular weight excluding hydrogens is 398 g/mol. The zero-order chi connectivity index (χ0) is 23.4. The zero-order valence-corrected chi connectivity index (χ0v) is 22.6. The Morgan fingerprint density at radius 2 is 1.18 bits per heavy atom. The minimum atomic E-state index is 0.0293. The van der Waals surface area contributed by atoms with Crippen LogP contribution in [0.15, 0.2) is 0 Å². The summed E-state index contributed by atoms with van der Waals surface area (Å²) in [4.78, 5) is 0. The molecule has 190 valence electrons. The molecule has 3 rings (SSSR count). The Kier molecular flexibility index (Phi) is 12.1. The maximum absolute atomic E-state index is 10.1. The number of unbranched alkanes of at least 4 members (excludes halogenated alkanes) is 7. The molecule has 1 heteroatoms. The molecule has 2 atom stereocenters. The van der Waals surface area contributed by atoms with Gasteiger partial charge in [-0.25, -0.2) is 0 Å². The first-order chi connectivity index (χ1) is 16.2. The molecule has 0 spiro atoms. The van der Waals surface area contributed by atoms with Crippen LogP contribution in [0.1, 0.15) is 162 Å². The van der Waals surface area contributed by atoms with Crippen molar-refractivity contribution in [1.82, 2.24) is 0 Å². The normalized spacial score (nSPS) is 35.2. The van der Waals surface area contributed by atoms with Crippen molar-refractivity contribution in [3.8, 4) is 6.07 Å². The summed E-state index contributed by atoms with van der Waals surface area (Å²) in [5.41, 5.74) is 0.0293. The molecule has 3 saturated carbocycles. The minimum Gasteiger partial charge on any atom is -0.198 e. The molecule has 0 amide bonds. The summed E-state index contributed by atoms with van der Waals surface area (Å²) in [5, 5.41) is 10.1. The standard InChI is InChI=1S/C32H57N/c1-3-5-7-9-11-23-32(26-33)24-12-14-31(25-32)30-21-19-29(20-22-30)28-17-15-27(16-18-28)13-10-8-6-4-2/h27-31H,3-25H2,1-2H3/t27-,28-,29?,30?,31?,32?. The van der Waals surface area contributed by atoms with Crippen molar-refractivity contribution in [3.05, 3.63) is 0 Å². The van der Waals surface area contributed by atoms with E-state index in [1.54, 1.807) is 0 Å². The first-order valence-electron chi connectivity index (χ1n) is 15.6. The number of rotatable bonds is 13. The second-order valence-electron chi connectivity index (χ2n) is 12.7. The maximum Gasteiger partial charge on any atom is 0.0689 e. The highest BCUT2D eigenvalue weighted by Gasteiger charge is 2.40. The Hall–Kier alpha value is -0.510. The molecule has 0 aliphatic heterocycles. The van der Waals surface area contributed by atoms with Crippen LogP contribution in [0.5, 0.6) is 0 Å². The predicted octanol–water partition coefficient (Wildman–Crippen LogP) is 10.6. The second-order valence-corrected chi connectivity index (χ2v) is 12.7. The highest BCUT2D eigenvalue weighted by Crippen LogP contribution is 2.50. The van der Waals surface area contributed by atoms with Gasteiger partial charge < -0.3 is 0 Å². The van der Waals surface area contributed by atoms with Crippen LogP contribution >= 0.6 is 0 Å². The summed E-state index contributed by atoms with van der Waals surface area (Å²) < 4.78 is 0. The molecule has 1 nitrogen and oxygen atoms in total. The number of hydrogen-bond acceptors (Lipinski definition) is 1. The van der Waals surface area contributed by atoms with Crippen LogP contribution in [0.3, 0.4) is 0 Å². The van der Waals surface area contributed by atoms with E-state index in [9.17, 15) is 5.26 Å². The van der Waals surface area contributed by atoms with Crippen LogP contribution in [-0.4, -0.2) is 0 Å². The molecule has 0 N–H and O–H groups in total. The summed E-state index contributed by atoms with van der Waals surface area (Å²) >= 11 is 0. The van der Waals surface area contributed by atoms with Crippen LogP contribution in [0.4, 0.5) is 0 Å². The molecule has 3 fully saturated rings. The molecule has 2 unspecified atom stereocenters. The zero-order valence-electron chi connectivity index (χ0n) is 22.6. The third kappa shape index (κ3) is 8.58. The SMILES string of the molecule is CCCCCCCC1(C#N)CCCC(C2CCC([C@H]3CC[C@H](CCCCCC)CC3)CC2)C1. The van der Waals surface area contributed by atoms with Crippen molar-refractivity contribution in [3.63, 3.8) is 0 Å². The van der Waals surface area contributed by atoms with E-state index in [4.69, 9.17) is 0 Å². The fraction of sp³-hybridized carbons (Fsp3) is 0.969. The monoisotopic (exact) mass is 455 g/mol. The van der Waals surface area contributed by atoms with E-state index in [1.807, 2.05) is 0 Å². The van der Waals surface area contributed by atoms with E-state index >= 15 is 0 Å². The van der Waals surface area contributed by atoms with E-state index < -0.39 is 0 Å². The van der Waals surface area contributed by atoms with Gasteiger partial charge in [0.25, 0.3) is 0 Å². The van der Waals surface area contributed by atoms with Crippen molar-refractivity contribution in [2.45, 2.75) is 162 Å². The molecule has 0 heterocycles. The van der Waals surface area contributed by atoms with Crippen LogP contribution in [0.25, 0.3) is 0 Å². The lowest BCUT2D eigenvalue weighted by molar-refractivity contribution is 0.0813. The summed E-state index contributed by atoms with van der Waals surface area (Å²) in [6.07, 6.45) is 32.4. The van der Waals surface area contributed by atoms with Crippen LogP contribution in [0.2, 0.25) is 0 Å². The summed E-state index contributed by atoms with van der Waals surface area (Å²) in [7, 11) is 0. The van der Waals surface area contributed by atoms with Gasteiger partial charge >= 0.3 is 0 Å². The molecule has 0 bridgehead atoms. The lowest BCUT2D eigenvalue weighted by Crippen LogP contribution is -2.34. The van der Waals surface area contributed by atoms with Gasteiger partial charge in [-0.15, -0.1) is 0 Å². The quantitative estimate of drug-likeness (QED) is 0.253. The van der Waals surface area contributed by atoms with E-state index in [0.29, 0.717) is 0 Å². The Balaban J connectivity index is 1.36. The number of hydrogen-bond donors (Lipinski definition) is 0. The van der Waals surface area contributed by atoms with Crippen molar-refractivity contribution < 1.29 is 0 Å². The molecule has 33 heavy (non-hydrogen) atoms. The lowest BCUT2D eigenvalue weighted by atomic mass is 9.61. The largest absolute Gasteiger partial charge is 0.198 e. The minimum absolute atomic E-state index is 0.0293. The van der Waals surface area contributed by atoms with Gasteiger partial charge in [0.2, 0.25) is 0 Å². The van der Waals surface area contributed by atoms with E-state index in [2.05, 4.69) is 19.9 Å². The Bertz CT molecular complexity index is 545. The van der Waals surface area contributed by atoms with Gasteiger partial charge in [0.15, 0.2) is 0 Å². The summed E-state index contributed by atoms with van der Waals surface area (Å²) in [6.45, 7) is 4.61. The van der Waals surface area contributed by atoms with Crippen molar-refractivity contribution in [1.29, 1.82) is 5.26 Å². The Morgan fingerprint density at radius 3 is 1.79 bits per heavy atom. The Labute approximate surface area is 207 Å². The maximum atomic E-state index is 10.1. The predicted molar refractivity (Wildman–Crippen MR) is 143 cm³/mol. The van der Waals surface area contributed by atoms with Gasteiger partial charge in [0, 0.05) is 0 Å². The molecule has 0 aromatic carbocycles. The summed E-state index contributed by atoms with van der Waals surface area (Å²) in [5.74, 6) is 4.92. The molecule has 0 radical (unpaired) electrons. The molecular formula is C32H57N. The van der Waals surface area contributed by atoms with Gasteiger partial charge in [0.05, 0.1) is 11.5 Å². The smallest absolute Gasteiger partial charge is 0.0689 e.